The molecule has 0 aliphatic heterocycles. The Balaban J connectivity index is 2.42. The van der Waals surface area contributed by atoms with Crippen LogP contribution in [0.15, 0.2) is 35.0 Å². The first-order valence-electron chi connectivity index (χ1n) is 8.73. The number of ether oxygens (including phenoxy) is 2. The molecule has 1 heterocycles. The Labute approximate surface area is 165 Å². The zero-order valence-electron chi connectivity index (χ0n) is 16.2. The van der Waals surface area contributed by atoms with E-state index in [1.807, 2.05) is 26.8 Å². The van der Waals surface area contributed by atoms with E-state index in [0.717, 1.165) is 12.0 Å². The molecule has 8 heteroatoms. The normalized spacial score (nSPS) is 11.6. The van der Waals surface area contributed by atoms with Crippen molar-refractivity contribution in [1.29, 1.82) is 0 Å². The monoisotopic (exact) mass is 397 g/mol. The average molecular weight is 398 g/mol. The van der Waals surface area contributed by atoms with Crippen LogP contribution in [-0.2, 0) is 16.1 Å². The van der Waals surface area contributed by atoms with E-state index in [4.69, 9.17) is 26.2 Å². The predicted molar refractivity (Wildman–Crippen MR) is 106 cm³/mol. The molecule has 0 spiro atoms. The SMILES string of the molecule is C=C(Cl)C(=O)N(/N=C\COCc1ccc(OCCCCO)nc1)C(C)(C)C. The lowest BCUT2D eigenvalue weighted by molar-refractivity contribution is -0.131. The largest absolute Gasteiger partial charge is 0.478 e. The minimum Gasteiger partial charge on any atom is -0.478 e. The maximum absolute atomic E-state index is 12.0. The van der Waals surface area contributed by atoms with E-state index in [0.29, 0.717) is 25.5 Å². The number of carbonyl (C=O) groups is 1. The Morgan fingerprint density at radius 1 is 1.41 bits per heavy atom. The average Bonchev–Trinajstić information content (AvgIpc) is 2.61. The molecule has 0 bridgehead atoms. The van der Waals surface area contributed by atoms with E-state index >= 15 is 0 Å². The van der Waals surface area contributed by atoms with Crippen LogP contribution in [0.4, 0.5) is 0 Å². The molecule has 0 atom stereocenters. The van der Waals surface area contributed by atoms with Crippen LogP contribution < -0.4 is 4.74 Å². The van der Waals surface area contributed by atoms with Crippen molar-refractivity contribution >= 4 is 23.7 Å². The molecule has 0 saturated carbocycles. The fraction of sp³-hybridized carbons (Fsp3) is 0.526. The van der Waals surface area contributed by atoms with E-state index in [1.54, 1.807) is 12.3 Å². The number of aromatic nitrogens is 1. The van der Waals surface area contributed by atoms with Crippen molar-refractivity contribution in [3.63, 3.8) is 0 Å². The van der Waals surface area contributed by atoms with Gasteiger partial charge < -0.3 is 14.6 Å². The highest BCUT2D eigenvalue weighted by Gasteiger charge is 2.27. The molecule has 150 valence electrons. The molecule has 1 rings (SSSR count). The number of halogens is 1. The molecule has 27 heavy (non-hydrogen) atoms. The summed E-state index contributed by atoms with van der Waals surface area (Å²) in [5.41, 5.74) is 0.367. The summed E-state index contributed by atoms with van der Waals surface area (Å²) in [6.45, 7) is 10.3. The molecular weight excluding hydrogens is 370 g/mol. The molecule has 1 amide bonds. The lowest BCUT2D eigenvalue weighted by Crippen LogP contribution is -2.42. The van der Waals surface area contributed by atoms with Gasteiger partial charge in [0, 0.05) is 18.9 Å². The third-order valence-corrected chi connectivity index (χ3v) is 3.48. The van der Waals surface area contributed by atoms with Gasteiger partial charge in [0.15, 0.2) is 0 Å². The summed E-state index contributed by atoms with van der Waals surface area (Å²) in [5, 5.41) is 14.0. The van der Waals surface area contributed by atoms with Crippen molar-refractivity contribution in [2.75, 3.05) is 19.8 Å². The fourth-order valence-electron chi connectivity index (χ4n) is 1.96. The number of unbranched alkanes of at least 4 members (excludes halogenated alkanes) is 1. The van der Waals surface area contributed by atoms with Crippen LogP contribution in [0.1, 0.15) is 39.2 Å². The van der Waals surface area contributed by atoms with E-state index in [9.17, 15) is 4.79 Å². The van der Waals surface area contributed by atoms with Crippen LogP contribution in [0.2, 0.25) is 0 Å². The van der Waals surface area contributed by atoms with Crippen molar-refractivity contribution < 1.29 is 19.4 Å². The first-order chi connectivity index (χ1) is 12.8. The zero-order valence-corrected chi connectivity index (χ0v) is 16.9. The van der Waals surface area contributed by atoms with Gasteiger partial charge in [-0.15, -0.1) is 0 Å². The van der Waals surface area contributed by atoms with Crippen molar-refractivity contribution in [3.05, 3.63) is 35.5 Å². The van der Waals surface area contributed by atoms with Crippen LogP contribution in [0, 0.1) is 0 Å². The first-order valence-corrected chi connectivity index (χ1v) is 9.11. The minimum atomic E-state index is -0.525. The van der Waals surface area contributed by atoms with Crippen molar-refractivity contribution in [2.24, 2.45) is 5.10 Å². The minimum absolute atomic E-state index is 0.0901. The Bertz CT molecular complexity index is 627. The van der Waals surface area contributed by atoms with Gasteiger partial charge in [0.1, 0.15) is 5.03 Å². The summed E-state index contributed by atoms with van der Waals surface area (Å²) in [6.07, 6.45) is 4.69. The Morgan fingerprint density at radius 3 is 2.70 bits per heavy atom. The summed E-state index contributed by atoms with van der Waals surface area (Å²) >= 11 is 5.69. The molecule has 7 nitrogen and oxygen atoms in total. The molecule has 0 radical (unpaired) electrons. The molecule has 1 N–H and O–H groups in total. The highest BCUT2D eigenvalue weighted by atomic mass is 35.5. The van der Waals surface area contributed by atoms with Crippen molar-refractivity contribution in [2.45, 2.75) is 45.8 Å². The van der Waals surface area contributed by atoms with Crippen LogP contribution >= 0.6 is 11.6 Å². The third-order valence-electron chi connectivity index (χ3n) is 3.32. The van der Waals surface area contributed by atoms with Gasteiger partial charge in [-0.25, -0.2) is 9.99 Å². The van der Waals surface area contributed by atoms with E-state index in [-0.39, 0.29) is 18.2 Å². The lowest BCUT2D eigenvalue weighted by atomic mass is 10.1. The van der Waals surface area contributed by atoms with E-state index < -0.39 is 11.4 Å². The van der Waals surface area contributed by atoms with Gasteiger partial charge in [-0.3, -0.25) is 4.79 Å². The second-order valence-electron chi connectivity index (χ2n) is 6.79. The number of pyridine rings is 1. The smallest absolute Gasteiger partial charge is 0.285 e. The van der Waals surface area contributed by atoms with Gasteiger partial charge >= 0.3 is 0 Å². The molecule has 1 aromatic rings. The van der Waals surface area contributed by atoms with Gasteiger partial charge in [0.05, 0.1) is 31.6 Å². The van der Waals surface area contributed by atoms with Gasteiger partial charge in [0.2, 0.25) is 5.88 Å². The van der Waals surface area contributed by atoms with Crippen LogP contribution in [0.25, 0.3) is 0 Å². The number of rotatable bonds is 11. The number of amides is 1. The molecule has 0 aliphatic rings. The Hall–Kier alpha value is -1.96. The number of hydrogen-bond acceptors (Lipinski definition) is 6. The summed E-state index contributed by atoms with van der Waals surface area (Å²) in [5.74, 6) is 0.0954. The molecule has 0 aliphatic carbocycles. The van der Waals surface area contributed by atoms with Crippen molar-refractivity contribution in [3.8, 4) is 5.88 Å². The number of aliphatic hydroxyl groups excluding tert-OH is 1. The highest BCUT2D eigenvalue weighted by molar-refractivity contribution is 6.41. The zero-order chi connectivity index (χ0) is 20.3. The molecule has 0 fully saturated rings. The Morgan fingerprint density at radius 2 is 2.15 bits per heavy atom. The molecule has 0 aromatic carbocycles. The van der Waals surface area contributed by atoms with Gasteiger partial charge in [-0.1, -0.05) is 18.2 Å². The number of aliphatic hydroxyl groups is 1. The third kappa shape index (κ3) is 8.99. The summed E-state index contributed by atoms with van der Waals surface area (Å²) < 4.78 is 11.0. The van der Waals surface area contributed by atoms with Crippen molar-refractivity contribution in [1.82, 2.24) is 9.99 Å². The standard InChI is InChI=1S/C19H28ClN3O4/c1-15(20)18(25)23(19(2,3)4)22-9-12-26-14-16-7-8-17(21-13-16)27-11-6-5-10-24/h7-9,13,24H,1,5-6,10-12,14H2,2-4H3/b22-9-. The first kappa shape index (κ1) is 23.1. The number of hydrogen-bond donors (Lipinski definition) is 1. The molecular formula is C19H28ClN3O4. The van der Waals surface area contributed by atoms with Crippen LogP contribution in [-0.4, -0.2) is 52.6 Å². The van der Waals surface area contributed by atoms with Gasteiger partial charge in [-0.05, 0) is 45.2 Å². The predicted octanol–water partition coefficient (Wildman–Crippen LogP) is 3.11. The van der Waals surface area contributed by atoms with Crippen LogP contribution in [0.3, 0.4) is 0 Å². The second kappa shape index (κ2) is 11.7. The topological polar surface area (TPSA) is 84.3 Å². The highest BCUT2D eigenvalue weighted by Crippen LogP contribution is 2.17. The fourth-order valence-corrected chi connectivity index (χ4v) is 2.04. The second-order valence-corrected chi connectivity index (χ2v) is 7.25. The number of hydrazone groups is 1. The van der Waals surface area contributed by atoms with E-state index in [2.05, 4.69) is 16.7 Å². The number of nitrogens with zero attached hydrogens (tertiary/aromatic N) is 3. The summed E-state index contributed by atoms with van der Waals surface area (Å²) in [6, 6.07) is 3.64. The quantitative estimate of drug-likeness (QED) is 0.268. The number of carbonyl (C=O) groups excluding carboxylic acids is 1. The molecule has 0 saturated heterocycles. The van der Waals surface area contributed by atoms with Gasteiger partial charge in [0.25, 0.3) is 5.91 Å². The maximum Gasteiger partial charge on any atom is 0.285 e. The van der Waals surface area contributed by atoms with E-state index in [1.165, 1.54) is 11.2 Å². The Kier molecular flexibility index (Phi) is 9.99. The van der Waals surface area contributed by atoms with Gasteiger partial charge in [-0.2, -0.15) is 5.10 Å². The molecule has 1 aromatic heterocycles. The summed E-state index contributed by atoms with van der Waals surface area (Å²) in [4.78, 5) is 16.2. The van der Waals surface area contributed by atoms with Crippen LogP contribution in [0.5, 0.6) is 5.88 Å². The molecule has 0 unspecified atom stereocenters. The maximum atomic E-state index is 12.0. The lowest BCUT2D eigenvalue weighted by Gasteiger charge is -2.30. The summed E-state index contributed by atoms with van der Waals surface area (Å²) in [7, 11) is 0.